The summed E-state index contributed by atoms with van der Waals surface area (Å²) in [7, 11) is 4.46. The molecular weight excluding hydrogens is 384 g/mol. The first-order valence-corrected chi connectivity index (χ1v) is 6.35. The molecule has 0 bridgehead atoms. The minimum atomic E-state index is -0.679. The fourth-order valence-electron chi connectivity index (χ4n) is 1.52. The van der Waals surface area contributed by atoms with Crippen molar-refractivity contribution >= 4 is 41.0 Å². The average molecular weight is 402 g/mol. The Labute approximate surface area is 132 Å². The number of hydrogen-bond donors (Lipinski definition) is 1. The number of ether oxygens (including phenoxy) is 3. The Morgan fingerprint density at radius 1 is 1.26 bits per heavy atom. The molecular formula is C12H17ClINO4. The predicted molar refractivity (Wildman–Crippen MR) is 83.2 cm³/mol. The van der Waals surface area contributed by atoms with Crippen molar-refractivity contribution in [2.45, 2.75) is 12.5 Å². The molecule has 2 N–H and O–H groups in total. The van der Waals surface area contributed by atoms with E-state index in [2.05, 4.69) is 27.3 Å². The summed E-state index contributed by atoms with van der Waals surface area (Å²) >= 11 is 2.17. The van der Waals surface area contributed by atoms with Gasteiger partial charge in [0.1, 0.15) is 6.04 Å². The number of esters is 1. The van der Waals surface area contributed by atoms with Crippen molar-refractivity contribution in [2.24, 2.45) is 5.73 Å². The standard InChI is InChI=1S/C12H16INO4.ClH/c1-16-10-5-7(4-9(14)12(15)18-3)8(13)6-11(10)17-2;/h5-6,9H,4,14H2,1-3H3;1H. The maximum atomic E-state index is 11.3. The van der Waals surface area contributed by atoms with Crippen LogP contribution in [0.5, 0.6) is 11.5 Å². The molecule has 1 unspecified atom stereocenters. The average Bonchev–Trinajstić information content (AvgIpc) is 2.39. The maximum absolute atomic E-state index is 11.3. The number of benzene rings is 1. The van der Waals surface area contributed by atoms with Crippen molar-refractivity contribution in [1.82, 2.24) is 0 Å². The Morgan fingerprint density at radius 3 is 2.26 bits per heavy atom. The molecule has 0 amide bonds. The highest BCUT2D eigenvalue weighted by atomic mass is 127. The van der Waals surface area contributed by atoms with E-state index >= 15 is 0 Å². The SMILES string of the molecule is COC(=O)C(N)Cc1cc(OC)c(OC)cc1I.Cl. The van der Waals surface area contributed by atoms with Crippen molar-refractivity contribution in [3.8, 4) is 11.5 Å². The lowest BCUT2D eigenvalue weighted by molar-refractivity contribution is -0.142. The molecule has 0 spiro atoms. The third-order valence-electron chi connectivity index (χ3n) is 2.50. The highest BCUT2D eigenvalue weighted by Crippen LogP contribution is 2.31. The van der Waals surface area contributed by atoms with Gasteiger partial charge in [0.25, 0.3) is 0 Å². The minimum Gasteiger partial charge on any atom is -0.493 e. The summed E-state index contributed by atoms with van der Waals surface area (Å²) in [6, 6.07) is 2.99. The van der Waals surface area contributed by atoms with E-state index in [4.69, 9.17) is 15.2 Å². The van der Waals surface area contributed by atoms with Crippen molar-refractivity contribution in [1.29, 1.82) is 0 Å². The Balaban J connectivity index is 0.00000324. The van der Waals surface area contributed by atoms with Crippen molar-refractivity contribution in [2.75, 3.05) is 21.3 Å². The van der Waals surface area contributed by atoms with E-state index in [1.807, 2.05) is 12.1 Å². The lowest BCUT2D eigenvalue weighted by Crippen LogP contribution is -2.33. The summed E-state index contributed by atoms with van der Waals surface area (Å²) in [6.07, 6.45) is 0.394. The zero-order chi connectivity index (χ0) is 13.7. The molecule has 1 atom stereocenters. The summed E-state index contributed by atoms with van der Waals surface area (Å²) in [5.74, 6) is 0.836. The van der Waals surface area contributed by atoms with Crippen molar-refractivity contribution in [3.05, 3.63) is 21.3 Å². The van der Waals surface area contributed by atoms with Crippen LogP contribution in [0.1, 0.15) is 5.56 Å². The molecule has 1 aromatic carbocycles. The van der Waals surface area contributed by atoms with Gasteiger partial charge in [0, 0.05) is 3.57 Å². The van der Waals surface area contributed by atoms with Crippen LogP contribution in [-0.2, 0) is 16.0 Å². The highest BCUT2D eigenvalue weighted by Gasteiger charge is 2.17. The first-order chi connectivity index (χ1) is 8.53. The van der Waals surface area contributed by atoms with Gasteiger partial charge in [-0.1, -0.05) is 0 Å². The van der Waals surface area contributed by atoms with Crippen LogP contribution >= 0.6 is 35.0 Å². The quantitative estimate of drug-likeness (QED) is 0.601. The molecule has 0 fully saturated rings. The topological polar surface area (TPSA) is 70.8 Å². The van der Waals surface area contributed by atoms with Gasteiger partial charge in [-0.3, -0.25) is 4.79 Å². The number of carbonyl (C=O) groups is 1. The van der Waals surface area contributed by atoms with Gasteiger partial charge in [0.05, 0.1) is 21.3 Å². The minimum absolute atomic E-state index is 0. The van der Waals surface area contributed by atoms with E-state index in [9.17, 15) is 4.79 Å². The Hall–Kier alpha value is -0.730. The van der Waals surface area contributed by atoms with Crippen LogP contribution in [0.15, 0.2) is 12.1 Å². The van der Waals surface area contributed by atoms with Crippen LogP contribution in [-0.4, -0.2) is 33.3 Å². The normalized spacial score (nSPS) is 11.2. The van der Waals surface area contributed by atoms with Crippen LogP contribution in [0, 0.1) is 3.57 Å². The summed E-state index contributed by atoms with van der Waals surface area (Å²) in [6.45, 7) is 0. The second-order valence-electron chi connectivity index (χ2n) is 3.63. The monoisotopic (exact) mass is 401 g/mol. The third kappa shape index (κ3) is 4.70. The molecule has 0 aliphatic rings. The van der Waals surface area contributed by atoms with Gasteiger partial charge >= 0.3 is 5.97 Å². The van der Waals surface area contributed by atoms with Gasteiger partial charge < -0.3 is 19.9 Å². The molecule has 1 aromatic rings. The lowest BCUT2D eigenvalue weighted by Gasteiger charge is -2.14. The van der Waals surface area contributed by atoms with Gasteiger partial charge in [0.2, 0.25) is 0 Å². The van der Waals surface area contributed by atoms with E-state index in [0.29, 0.717) is 17.9 Å². The Kier molecular flexibility index (Phi) is 8.12. The number of halogens is 2. The van der Waals surface area contributed by atoms with Crippen molar-refractivity contribution in [3.63, 3.8) is 0 Å². The van der Waals surface area contributed by atoms with E-state index in [-0.39, 0.29) is 12.4 Å². The van der Waals surface area contributed by atoms with E-state index in [1.165, 1.54) is 7.11 Å². The molecule has 0 heterocycles. The largest absolute Gasteiger partial charge is 0.493 e. The second-order valence-corrected chi connectivity index (χ2v) is 4.79. The zero-order valence-electron chi connectivity index (χ0n) is 10.9. The van der Waals surface area contributed by atoms with Gasteiger partial charge in [-0.05, 0) is 46.7 Å². The fourth-order valence-corrected chi connectivity index (χ4v) is 2.18. The summed E-state index contributed by atoms with van der Waals surface area (Å²) in [5, 5.41) is 0. The van der Waals surface area contributed by atoms with Crippen LogP contribution < -0.4 is 15.2 Å². The molecule has 5 nitrogen and oxygen atoms in total. The van der Waals surface area contributed by atoms with Gasteiger partial charge in [0.15, 0.2) is 11.5 Å². The van der Waals surface area contributed by atoms with E-state index in [0.717, 1.165) is 9.13 Å². The molecule has 0 saturated heterocycles. The van der Waals surface area contributed by atoms with Crippen LogP contribution in [0.25, 0.3) is 0 Å². The first kappa shape index (κ1) is 18.3. The Morgan fingerprint density at radius 2 is 1.79 bits per heavy atom. The van der Waals surface area contributed by atoms with E-state index < -0.39 is 12.0 Å². The number of hydrogen-bond acceptors (Lipinski definition) is 5. The number of carbonyl (C=O) groups excluding carboxylic acids is 1. The fraction of sp³-hybridized carbons (Fsp3) is 0.417. The molecule has 0 saturated carbocycles. The molecule has 0 aliphatic heterocycles. The van der Waals surface area contributed by atoms with Gasteiger partial charge in [-0.2, -0.15) is 0 Å². The van der Waals surface area contributed by atoms with Crippen LogP contribution in [0.2, 0.25) is 0 Å². The van der Waals surface area contributed by atoms with E-state index in [1.54, 1.807) is 14.2 Å². The maximum Gasteiger partial charge on any atom is 0.322 e. The molecule has 7 heteroatoms. The van der Waals surface area contributed by atoms with Gasteiger partial charge in [-0.15, -0.1) is 12.4 Å². The second kappa shape index (κ2) is 8.44. The predicted octanol–water partition coefficient (Wildman–Crippen LogP) is 1.77. The molecule has 1 rings (SSSR count). The summed E-state index contributed by atoms with van der Waals surface area (Å²) in [5.41, 5.74) is 6.66. The smallest absolute Gasteiger partial charge is 0.322 e. The van der Waals surface area contributed by atoms with Crippen LogP contribution in [0.4, 0.5) is 0 Å². The number of methoxy groups -OCH3 is 3. The Bertz CT molecular complexity index is 442. The molecule has 0 aromatic heterocycles. The molecule has 19 heavy (non-hydrogen) atoms. The summed E-state index contributed by atoms with van der Waals surface area (Å²) in [4.78, 5) is 11.3. The number of rotatable bonds is 5. The lowest BCUT2D eigenvalue weighted by atomic mass is 10.1. The highest BCUT2D eigenvalue weighted by molar-refractivity contribution is 14.1. The third-order valence-corrected chi connectivity index (χ3v) is 3.50. The molecule has 0 aliphatic carbocycles. The molecule has 0 radical (unpaired) electrons. The first-order valence-electron chi connectivity index (χ1n) is 5.27. The van der Waals surface area contributed by atoms with Crippen molar-refractivity contribution < 1.29 is 19.0 Å². The van der Waals surface area contributed by atoms with Gasteiger partial charge in [-0.25, -0.2) is 0 Å². The zero-order valence-corrected chi connectivity index (χ0v) is 13.9. The summed E-state index contributed by atoms with van der Waals surface area (Å²) < 4.78 is 16.0. The van der Waals surface area contributed by atoms with Crippen LogP contribution in [0.3, 0.4) is 0 Å². The molecule has 108 valence electrons. The number of nitrogens with two attached hydrogens (primary N) is 1.